The zero-order valence-electron chi connectivity index (χ0n) is 24.8. The third kappa shape index (κ3) is 5.30. The number of imidazole rings is 1. The van der Waals surface area contributed by atoms with Crippen LogP contribution < -0.4 is 4.90 Å². The van der Waals surface area contributed by atoms with Gasteiger partial charge in [-0.05, 0) is 59.7 Å². The highest BCUT2D eigenvalue weighted by molar-refractivity contribution is 8.00. The van der Waals surface area contributed by atoms with Gasteiger partial charge in [-0.3, -0.25) is 14.5 Å². The quantitative estimate of drug-likeness (QED) is 0.0701. The van der Waals surface area contributed by atoms with Crippen molar-refractivity contribution in [3.8, 4) is 0 Å². The fourth-order valence-electron chi connectivity index (χ4n) is 5.27. The van der Waals surface area contributed by atoms with Crippen LogP contribution in [0.1, 0.15) is 60.5 Å². The smallest absolute Gasteiger partial charge is 0.301 e. The molecule has 6 rings (SSSR count). The van der Waals surface area contributed by atoms with Gasteiger partial charge >= 0.3 is 5.91 Å². The average molecular weight is 628 g/mol. The van der Waals surface area contributed by atoms with Crippen molar-refractivity contribution >= 4 is 51.3 Å². The first-order chi connectivity index (χ1) is 20.9. The Bertz CT molecular complexity index is 1940. The Labute approximate surface area is 262 Å². The van der Waals surface area contributed by atoms with Gasteiger partial charge in [-0.1, -0.05) is 86.3 Å². The standard InChI is InChI=1S/C33H30FN5O3S2/c1-18-7-6-16-38-19(2)25(35-29(18)38)27(40)24-26(21-10-12-22(13-11-21)33(3,4)5)39(30(42)28(24)41)31-36-37-32(44-31)43-17-20-8-14-23(34)15-9-20/h6-16,26,40H,17H2,1-5H3/b27-24+. The molecule has 224 valence electrons. The summed E-state index contributed by atoms with van der Waals surface area (Å²) in [6, 6.07) is 16.8. The van der Waals surface area contributed by atoms with E-state index in [0.29, 0.717) is 27.0 Å². The molecule has 1 aliphatic rings. The van der Waals surface area contributed by atoms with Gasteiger partial charge in [0.25, 0.3) is 5.78 Å². The topological polar surface area (TPSA) is 101 Å². The Morgan fingerprint density at radius 1 is 1.02 bits per heavy atom. The molecule has 1 fully saturated rings. The third-order valence-corrected chi connectivity index (χ3v) is 9.85. The predicted octanol–water partition coefficient (Wildman–Crippen LogP) is 7.16. The van der Waals surface area contributed by atoms with Crippen LogP contribution in [0.5, 0.6) is 0 Å². The van der Waals surface area contributed by atoms with E-state index in [1.165, 1.54) is 40.1 Å². The maximum Gasteiger partial charge on any atom is 0.301 e. The monoisotopic (exact) mass is 627 g/mol. The van der Waals surface area contributed by atoms with Gasteiger partial charge in [-0.2, -0.15) is 0 Å². The number of aryl methyl sites for hydroxylation is 2. The predicted molar refractivity (Wildman–Crippen MR) is 170 cm³/mol. The summed E-state index contributed by atoms with van der Waals surface area (Å²) in [5.74, 6) is -1.75. The van der Waals surface area contributed by atoms with E-state index < -0.39 is 17.7 Å². The van der Waals surface area contributed by atoms with Crippen LogP contribution in [-0.4, -0.2) is 36.4 Å². The number of fused-ring (bicyclic) bond motifs is 1. The SMILES string of the molecule is Cc1cccn2c(C)c(/C(O)=C3\C(=O)C(=O)N(c4nnc(SCc5ccc(F)cc5)s4)C3c3ccc(C(C)(C)C)cc3)nc12. The molecule has 44 heavy (non-hydrogen) atoms. The molecule has 1 aliphatic heterocycles. The van der Waals surface area contributed by atoms with E-state index in [0.717, 1.165) is 16.7 Å². The number of rotatable bonds is 6. The van der Waals surface area contributed by atoms with E-state index in [2.05, 4.69) is 36.0 Å². The zero-order chi connectivity index (χ0) is 31.3. The number of ketones is 1. The van der Waals surface area contributed by atoms with Crippen LogP contribution in [0.3, 0.4) is 0 Å². The van der Waals surface area contributed by atoms with Gasteiger partial charge in [0.1, 0.15) is 17.2 Å². The van der Waals surface area contributed by atoms with Crippen LogP contribution in [0.25, 0.3) is 11.4 Å². The van der Waals surface area contributed by atoms with Crippen LogP contribution in [0.15, 0.2) is 76.8 Å². The number of aromatic nitrogens is 4. The molecule has 1 unspecified atom stereocenters. The summed E-state index contributed by atoms with van der Waals surface area (Å²) in [6.45, 7) is 10.0. The first-order valence-corrected chi connectivity index (χ1v) is 15.8. The van der Waals surface area contributed by atoms with Crippen molar-refractivity contribution in [2.75, 3.05) is 4.90 Å². The summed E-state index contributed by atoms with van der Waals surface area (Å²) in [5, 5.41) is 20.5. The summed E-state index contributed by atoms with van der Waals surface area (Å²) in [6.07, 6.45) is 1.84. The van der Waals surface area contributed by atoms with Crippen LogP contribution in [0.2, 0.25) is 0 Å². The van der Waals surface area contributed by atoms with Crippen molar-refractivity contribution in [2.45, 2.75) is 56.2 Å². The number of hydrogen-bond acceptors (Lipinski definition) is 8. The molecule has 1 N–H and O–H groups in total. The Hall–Kier alpha value is -4.35. The molecule has 1 atom stereocenters. The van der Waals surface area contributed by atoms with Crippen molar-refractivity contribution in [2.24, 2.45) is 0 Å². The number of thioether (sulfide) groups is 1. The number of amides is 1. The van der Waals surface area contributed by atoms with E-state index in [1.807, 2.05) is 60.8 Å². The van der Waals surface area contributed by atoms with Crippen LogP contribution in [0, 0.1) is 19.7 Å². The summed E-state index contributed by atoms with van der Waals surface area (Å²) in [5.41, 5.74) is 4.91. The van der Waals surface area contributed by atoms with E-state index in [4.69, 9.17) is 0 Å². The molecule has 1 amide bonds. The average Bonchev–Trinajstić information content (AvgIpc) is 3.67. The molecular weight excluding hydrogens is 598 g/mol. The molecule has 4 heterocycles. The maximum atomic E-state index is 13.7. The number of pyridine rings is 1. The number of hydrogen-bond donors (Lipinski definition) is 1. The minimum atomic E-state index is -0.947. The minimum absolute atomic E-state index is 0.0571. The largest absolute Gasteiger partial charge is 0.505 e. The van der Waals surface area contributed by atoms with Crippen LogP contribution >= 0.6 is 23.1 Å². The van der Waals surface area contributed by atoms with Crippen molar-refractivity contribution in [1.82, 2.24) is 19.6 Å². The Morgan fingerprint density at radius 3 is 2.39 bits per heavy atom. The van der Waals surface area contributed by atoms with Gasteiger partial charge < -0.3 is 9.51 Å². The molecule has 0 aliphatic carbocycles. The highest BCUT2D eigenvalue weighted by atomic mass is 32.2. The van der Waals surface area contributed by atoms with Gasteiger partial charge in [-0.15, -0.1) is 10.2 Å². The molecule has 8 nitrogen and oxygen atoms in total. The number of Topliss-reactive ketones (excluding diaryl/α,β-unsaturated/α-hetero) is 1. The summed E-state index contributed by atoms with van der Waals surface area (Å²) >= 11 is 2.58. The van der Waals surface area contributed by atoms with Crippen molar-refractivity contribution in [3.05, 3.63) is 112 Å². The second-order valence-electron chi connectivity index (χ2n) is 11.7. The third-order valence-electron chi connectivity index (χ3n) is 7.72. The fourth-order valence-corrected chi connectivity index (χ4v) is 7.09. The van der Waals surface area contributed by atoms with Crippen molar-refractivity contribution in [3.63, 3.8) is 0 Å². The van der Waals surface area contributed by atoms with Gasteiger partial charge in [0.05, 0.1) is 17.3 Å². The second-order valence-corrected chi connectivity index (χ2v) is 13.9. The Balaban J connectivity index is 1.44. The highest BCUT2D eigenvalue weighted by Crippen LogP contribution is 2.44. The summed E-state index contributed by atoms with van der Waals surface area (Å²) in [4.78, 5) is 33.4. The molecule has 2 aromatic carbocycles. The molecule has 11 heteroatoms. The molecular formula is C33H30FN5O3S2. The summed E-state index contributed by atoms with van der Waals surface area (Å²) < 4.78 is 15.8. The molecule has 1 saturated heterocycles. The molecule has 0 saturated carbocycles. The molecule has 0 radical (unpaired) electrons. The van der Waals surface area contributed by atoms with Crippen LogP contribution in [-0.2, 0) is 20.8 Å². The van der Waals surface area contributed by atoms with Crippen molar-refractivity contribution < 1.29 is 19.1 Å². The number of anilines is 1. The van der Waals surface area contributed by atoms with Gasteiger partial charge in [0.15, 0.2) is 10.1 Å². The number of halogens is 1. The maximum absolute atomic E-state index is 13.7. The number of carbonyl (C=O) groups is 2. The lowest BCUT2D eigenvalue weighted by Crippen LogP contribution is -2.29. The van der Waals surface area contributed by atoms with Gasteiger partial charge in [0.2, 0.25) is 5.13 Å². The number of aliphatic hydroxyl groups excluding tert-OH is 1. The zero-order valence-corrected chi connectivity index (χ0v) is 26.5. The highest BCUT2D eigenvalue weighted by Gasteiger charge is 2.49. The summed E-state index contributed by atoms with van der Waals surface area (Å²) in [7, 11) is 0. The normalized spacial score (nSPS) is 16.8. The number of nitrogens with zero attached hydrogens (tertiary/aromatic N) is 5. The van der Waals surface area contributed by atoms with E-state index >= 15 is 0 Å². The minimum Gasteiger partial charge on any atom is -0.505 e. The number of carbonyl (C=O) groups excluding carboxylic acids is 2. The number of benzene rings is 2. The second kappa shape index (κ2) is 11.3. The molecule has 0 bridgehead atoms. The molecule has 0 spiro atoms. The lowest BCUT2D eigenvalue weighted by atomic mass is 9.85. The first-order valence-electron chi connectivity index (χ1n) is 14.0. The van der Waals surface area contributed by atoms with Gasteiger partial charge in [-0.25, -0.2) is 9.37 Å². The van der Waals surface area contributed by atoms with E-state index in [9.17, 15) is 19.1 Å². The van der Waals surface area contributed by atoms with Crippen LogP contribution in [0.4, 0.5) is 9.52 Å². The Morgan fingerprint density at radius 2 is 1.73 bits per heavy atom. The van der Waals surface area contributed by atoms with Gasteiger partial charge in [0, 0.05) is 11.9 Å². The lowest BCUT2D eigenvalue weighted by molar-refractivity contribution is -0.132. The molecule has 5 aromatic rings. The first kappa shape index (κ1) is 29.7. The fraction of sp³-hybridized carbons (Fsp3) is 0.242. The van der Waals surface area contributed by atoms with Crippen molar-refractivity contribution in [1.29, 1.82) is 0 Å². The van der Waals surface area contributed by atoms with E-state index in [-0.39, 0.29) is 33.4 Å². The Kier molecular flexibility index (Phi) is 7.63. The number of aliphatic hydroxyl groups is 1. The lowest BCUT2D eigenvalue weighted by Gasteiger charge is -2.24. The van der Waals surface area contributed by atoms with E-state index in [1.54, 1.807) is 12.1 Å². The molecule has 3 aromatic heterocycles.